The van der Waals surface area contributed by atoms with Crippen LogP contribution in [0.2, 0.25) is 0 Å². The maximum absolute atomic E-state index is 14.2. The molecular weight excluding hydrogens is 639 g/mol. The van der Waals surface area contributed by atoms with Crippen LogP contribution >= 0.6 is 22.7 Å². The van der Waals surface area contributed by atoms with Gasteiger partial charge in [0.1, 0.15) is 39.6 Å². The molecule has 6 rings (SSSR count). The van der Waals surface area contributed by atoms with E-state index in [0.717, 1.165) is 18.4 Å². The van der Waals surface area contributed by atoms with Crippen LogP contribution in [-0.4, -0.2) is 75.2 Å². The highest BCUT2D eigenvalue weighted by Crippen LogP contribution is 2.30. The summed E-state index contributed by atoms with van der Waals surface area (Å²) in [4.78, 5) is 70.3. The number of carbonyl (C=O) groups is 4. The van der Waals surface area contributed by atoms with E-state index >= 15 is 0 Å². The number of carbonyl (C=O) groups excluding carboxylic acids is 4. The Hall–Kier alpha value is -4.17. The summed E-state index contributed by atoms with van der Waals surface area (Å²) in [6, 6.07) is 6.43. The summed E-state index contributed by atoms with van der Waals surface area (Å²) in [7, 11) is 0. The molecule has 3 aliphatic heterocycles. The van der Waals surface area contributed by atoms with Gasteiger partial charge in [-0.15, -0.1) is 22.7 Å². The summed E-state index contributed by atoms with van der Waals surface area (Å²) in [5.74, 6) is -1.04. The SMILES string of the molecule is CC[C@H](C)C1NC(=O)[C@H]2N=C(O[C@@H]2C)[C@@H]2CCCN2C(=O)[C@H](Cc2ccccc2)NC(=O)c2csc(n2)C(C)NC(=O)c2csc1n2. The number of hydrogen-bond donors (Lipinski definition) is 3. The third kappa shape index (κ3) is 6.93. The monoisotopic (exact) mass is 677 g/mol. The molecule has 1 saturated heterocycles. The highest BCUT2D eigenvalue weighted by atomic mass is 32.1. The van der Waals surface area contributed by atoms with E-state index in [2.05, 4.69) is 25.9 Å². The van der Waals surface area contributed by atoms with Crippen molar-refractivity contribution in [1.82, 2.24) is 30.8 Å². The summed E-state index contributed by atoms with van der Waals surface area (Å²) in [5, 5.41) is 13.5. The van der Waals surface area contributed by atoms with Gasteiger partial charge in [0.2, 0.25) is 17.7 Å². The molecule has 6 bridgehead atoms. The molecule has 1 fully saturated rings. The van der Waals surface area contributed by atoms with Gasteiger partial charge in [0.05, 0.1) is 12.1 Å². The fourth-order valence-corrected chi connectivity index (χ4v) is 7.90. The predicted molar refractivity (Wildman–Crippen MR) is 178 cm³/mol. The summed E-state index contributed by atoms with van der Waals surface area (Å²) in [6.45, 7) is 8.13. The Morgan fingerprint density at radius 2 is 1.64 bits per heavy atom. The second-order valence-corrected chi connectivity index (χ2v) is 14.1. The van der Waals surface area contributed by atoms with Gasteiger partial charge >= 0.3 is 0 Å². The van der Waals surface area contributed by atoms with E-state index in [1.54, 1.807) is 29.5 Å². The zero-order valence-electron chi connectivity index (χ0n) is 26.8. The standard InChI is InChI=1S/C33H39N7O5S2/c1-5-17(2)25-32-37-22(16-47-32)27(41)34-18(3)31-36-23(15-46-31)28(42)35-21(14-20-10-7-6-8-11-20)33(44)40-13-9-12-24(40)30-39-26(19(4)45-30)29(43)38-25/h6-8,10-11,15-19,21,24-26H,5,9,12-14H2,1-4H3,(H,34,41)(H,35,42)(H,38,43)/t17-,18?,19+,21-,24-,25?,26-/m0/s1. The summed E-state index contributed by atoms with van der Waals surface area (Å²) in [6.07, 6.45) is 1.87. The number of nitrogens with zero attached hydrogens (tertiary/aromatic N) is 4. The number of benzene rings is 1. The van der Waals surface area contributed by atoms with E-state index in [0.29, 0.717) is 28.9 Å². The molecule has 4 amide bonds. The molecule has 14 heteroatoms. The fraction of sp³-hybridized carbons (Fsp3) is 0.485. The van der Waals surface area contributed by atoms with Crippen LogP contribution in [0.5, 0.6) is 0 Å². The minimum absolute atomic E-state index is 0.0332. The van der Waals surface area contributed by atoms with Crippen molar-refractivity contribution in [2.24, 2.45) is 10.9 Å². The molecule has 0 saturated carbocycles. The number of hydrogen-bond acceptors (Lipinski definition) is 10. The molecule has 7 atom stereocenters. The minimum Gasteiger partial charge on any atom is -0.474 e. The molecule has 2 aromatic heterocycles. The first-order valence-corrected chi connectivity index (χ1v) is 17.8. The number of amides is 4. The zero-order chi connectivity index (χ0) is 33.2. The van der Waals surface area contributed by atoms with Gasteiger partial charge in [0, 0.05) is 23.7 Å². The number of ether oxygens (including phenoxy) is 1. The van der Waals surface area contributed by atoms with Crippen LogP contribution in [-0.2, 0) is 20.7 Å². The molecule has 1 aromatic carbocycles. The average Bonchev–Trinajstić information content (AvgIpc) is 3.89. The van der Waals surface area contributed by atoms with Crippen LogP contribution in [0.25, 0.3) is 0 Å². The first-order chi connectivity index (χ1) is 22.6. The molecule has 248 valence electrons. The maximum atomic E-state index is 14.2. The van der Waals surface area contributed by atoms with Crippen molar-refractivity contribution in [2.75, 3.05) is 6.54 Å². The van der Waals surface area contributed by atoms with Gasteiger partial charge in [-0.2, -0.15) is 0 Å². The quantitative estimate of drug-likeness (QED) is 0.379. The molecule has 12 nitrogen and oxygen atoms in total. The fourth-order valence-electron chi connectivity index (χ4n) is 6.11. The van der Waals surface area contributed by atoms with Crippen molar-refractivity contribution >= 4 is 52.2 Å². The van der Waals surface area contributed by atoms with Crippen molar-refractivity contribution < 1.29 is 23.9 Å². The molecule has 0 aliphatic carbocycles. The highest BCUT2D eigenvalue weighted by molar-refractivity contribution is 7.10. The minimum atomic E-state index is -0.879. The Balaban J connectivity index is 1.37. The van der Waals surface area contributed by atoms with Gasteiger partial charge < -0.3 is 25.6 Å². The lowest BCUT2D eigenvalue weighted by Gasteiger charge is -2.29. The molecule has 47 heavy (non-hydrogen) atoms. The number of aromatic nitrogens is 2. The number of nitrogens with one attached hydrogen (secondary N) is 3. The predicted octanol–water partition coefficient (Wildman–Crippen LogP) is 3.83. The first kappa shape index (κ1) is 32.8. The van der Waals surface area contributed by atoms with Gasteiger partial charge in [0.15, 0.2) is 6.04 Å². The van der Waals surface area contributed by atoms with Gasteiger partial charge in [-0.3, -0.25) is 19.2 Å². The molecule has 0 radical (unpaired) electrons. The largest absolute Gasteiger partial charge is 0.474 e. The average molecular weight is 678 g/mol. The Bertz CT molecular complexity index is 1670. The number of thiazole rings is 2. The lowest BCUT2D eigenvalue weighted by atomic mass is 9.99. The number of aliphatic imine (C=N–C) groups is 1. The Labute approximate surface area is 281 Å². The Morgan fingerprint density at radius 1 is 0.957 bits per heavy atom. The summed E-state index contributed by atoms with van der Waals surface area (Å²) in [5.41, 5.74) is 1.29. The second kappa shape index (κ2) is 13.9. The lowest BCUT2D eigenvalue weighted by molar-refractivity contribution is -0.133. The van der Waals surface area contributed by atoms with Crippen LogP contribution < -0.4 is 16.0 Å². The summed E-state index contributed by atoms with van der Waals surface area (Å²) < 4.78 is 6.17. The molecule has 0 spiro atoms. The van der Waals surface area contributed by atoms with Crippen LogP contribution in [0.4, 0.5) is 0 Å². The van der Waals surface area contributed by atoms with E-state index in [1.807, 2.05) is 44.2 Å². The molecule has 3 aliphatic rings. The van der Waals surface area contributed by atoms with Crippen LogP contribution in [0.15, 0.2) is 46.1 Å². The van der Waals surface area contributed by atoms with Gasteiger partial charge in [-0.05, 0) is 38.2 Å². The molecule has 3 N–H and O–H groups in total. The van der Waals surface area contributed by atoms with Crippen LogP contribution in [0.1, 0.15) is 95.6 Å². The van der Waals surface area contributed by atoms with E-state index in [-0.39, 0.29) is 41.4 Å². The van der Waals surface area contributed by atoms with E-state index in [9.17, 15) is 19.2 Å². The number of rotatable bonds is 4. The van der Waals surface area contributed by atoms with Crippen molar-refractivity contribution in [3.63, 3.8) is 0 Å². The van der Waals surface area contributed by atoms with Gasteiger partial charge in [-0.1, -0.05) is 50.6 Å². The first-order valence-electron chi connectivity index (χ1n) is 16.0. The Kier molecular flexibility index (Phi) is 9.69. The van der Waals surface area contributed by atoms with Crippen molar-refractivity contribution in [1.29, 1.82) is 0 Å². The van der Waals surface area contributed by atoms with E-state index in [1.165, 1.54) is 22.7 Å². The molecule has 3 aromatic rings. The lowest BCUT2D eigenvalue weighted by Crippen LogP contribution is -2.52. The van der Waals surface area contributed by atoms with Crippen LogP contribution in [0.3, 0.4) is 0 Å². The van der Waals surface area contributed by atoms with Crippen molar-refractivity contribution in [2.45, 2.75) is 89.7 Å². The maximum Gasteiger partial charge on any atom is 0.271 e. The van der Waals surface area contributed by atoms with E-state index < -0.39 is 42.2 Å². The number of fused-ring (bicyclic) bond motifs is 7. The van der Waals surface area contributed by atoms with Gasteiger partial charge in [-0.25, -0.2) is 15.0 Å². The van der Waals surface area contributed by atoms with Crippen LogP contribution in [0, 0.1) is 5.92 Å². The van der Waals surface area contributed by atoms with E-state index in [4.69, 9.17) is 9.73 Å². The van der Waals surface area contributed by atoms with Gasteiger partial charge in [0.25, 0.3) is 11.8 Å². The molecular formula is C33H39N7O5S2. The van der Waals surface area contributed by atoms with Crippen molar-refractivity contribution in [3.8, 4) is 0 Å². The second-order valence-electron chi connectivity index (χ2n) is 12.3. The zero-order valence-corrected chi connectivity index (χ0v) is 28.4. The van der Waals surface area contributed by atoms with Crippen molar-refractivity contribution in [3.05, 3.63) is 68.1 Å². The summed E-state index contributed by atoms with van der Waals surface area (Å²) >= 11 is 2.57. The normalized spacial score (nSPS) is 27.5. The molecule has 2 unspecified atom stereocenters. The third-order valence-corrected chi connectivity index (χ3v) is 11.0. The highest BCUT2D eigenvalue weighted by Gasteiger charge is 2.43. The Morgan fingerprint density at radius 3 is 2.36 bits per heavy atom. The topological polar surface area (TPSA) is 155 Å². The third-order valence-electron chi connectivity index (χ3n) is 9.00. The molecule has 5 heterocycles. The smallest absolute Gasteiger partial charge is 0.271 e.